The summed E-state index contributed by atoms with van der Waals surface area (Å²) in [5.41, 5.74) is 6.33. The van der Waals surface area contributed by atoms with Gasteiger partial charge in [-0.25, -0.2) is 33.7 Å². The van der Waals surface area contributed by atoms with Gasteiger partial charge in [-0.3, -0.25) is 57.2 Å². The summed E-state index contributed by atoms with van der Waals surface area (Å²) in [6.45, 7) is 4.86. The molecule has 0 spiro atoms. The molecule has 8 aromatic rings. The second-order valence-corrected chi connectivity index (χ2v) is 37.8. The van der Waals surface area contributed by atoms with Gasteiger partial charge in [0.1, 0.15) is 64.1 Å². The third-order valence-corrected chi connectivity index (χ3v) is 22.0. The first-order valence-electron chi connectivity index (χ1n) is 33.1. The normalized spacial score (nSPS) is 11.1. The van der Waals surface area contributed by atoms with Gasteiger partial charge in [-0.1, -0.05) is 81.7 Å². The van der Waals surface area contributed by atoms with E-state index in [4.69, 9.17) is 109 Å². The molecule has 0 atom stereocenters. The fraction of sp³-hybridized carbons (Fsp3) is 0.222. The van der Waals surface area contributed by atoms with Crippen LogP contribution in [0.4, 0.5) is 22.7 Å². The summed E-state index contributed by atoms with van der Waals surface area (Å²) in [6, 6.07) is 30.9. The Bertz CT molecular complexity index is 5200. The van der Waals surface area contributed by atoms with Crippen LogP contribution >= 0.6 is 133 Å². The molecule has 12 N–H and O–H groups in total. The first-order chi connectivity index (χ1) is 54.9. The Morgan fingerprint density at radius 3 is 0.814 bits per heavy atom. The number of ether oxygens (including phenoxy) is 4. The first-order valence-corrected chi connectivity index (χ1v) is 45.7. The fourth-order valence-electron chi connectivity index (χ4n) is 9.50. The van der Waals surface area contributed by atoms with Gasteiger partial charge in [0.05, 0.1) is 73.4 Å². The Hall–Kier alpha value is -8.62. The molecule has 0 heterocycles. The number of carbonyl (C=O) groups is 8. The number of carboxylic acids is 4. The maximum absolute atomic E-state index is 12.0. The van der Waals surface area contributed by atoms with Crippen molar-refractivity contribution in [3.63, 3.8) is 0 Å². The third-order valence-electron chi connectivity index (χ3n) is 14.3. The SMILES string of the molecule is CCS(=O)(=O)Nc1cc(C)cc(COc2c(Cl)cc(C(=O)NCC(=O)O)cc2Cl)c1.CCS(=O)(=O)Nc1cc(Cl)cc(COc2c(Br)cc(C(=O)NCC(=O)O)cc2Br)c1.CS(=O)(=O)Nc1cc(Cl)cc(COc2c(Br)cc(C(=O)NCC(=O)O)cc2Br)c1.Cc1cc(COc2c(Cl)cc(C(=O)NCC(=O)O)cc2Cl)cc(NS(C)(=O)=O)c1. The van der Waals surface area contributed by atoms with Crippen molar-refractivity contribution in [3.8, 4) is 23.0 Å². The minimum Gasteiger partial charge on any atom is -0.487 e. The van der Waals surface area contributed by atoms with E-state index >= 15 is 0 Å². The number of carbonyl (C=O) groups excluding carboxylic acids is 4. The minimum atomic E-state index is -3.45. The highest BCUT2D eigenvalue weighted by Crippen LogP contribution is 2.40. The van der Waals surface area contributed by atoms with Gasteiger partial charge < -0.3 is 60.6 Å². The van der Waals surface area contributed by atoms with Crippen LogP contribution in [0.3, 0.4) is 0 Å². The van der Waals surface area contributed by atoms with E-state index in [0.717, 1.165) is 23.6 Å². The molecule has 0 fully saturated rings. The Labute approximate surface area is 740 Å². The molecule has 0 bridgehead atoms. The van der Waals surface area contributed by atoms with E-state index in [1.54, 1.807) is 55.5 Å². The highest BCUT2D eigenvalue weighted by molar-refractivity contribution is 9.11. The van der Waals surface area contributed by atoms with Gasteiger partial charge in [-0.2, -0.15) is 0 Å². The average Bonchev–Trinajstić information content (AvgIpc) is 0.832. The van der Waals surface area contributed by atoms with Crippen molar-refractivity contribution in [1.29, 1.82) is 0 Å². The molecule has 0 saturated carbocycles. The molecular formula is C72H70Br4Cl6N8O24S4. The van der Waals surface area contributed by atoms with Crippen LogP contribution in [0, 0.1) is 13.8 Å². The molecule has 0 aliphatic rings. The van der Waals surface area contributed by atoms with Gasteiger partial charge in [0.2, 0.25) is 40.1 Å². The highest BCUT2D eigenvalue weighted by Gasteiger charge is 2.22. The van der Waals surface area contributed by atoms with Gasteiger partial charge >= 0.3 is 23.9 Å². The number of halogens is 10. The quantitative estimate of drug-likeness (QED) is 0.0178. The summed E-state index contributed by atoms with van der Waals surface area (Å²) >= 11 is 50.1. The maximum Gasteiger partial charge on any atom is 0.322 e. The van der Waals surface area contributed by atoms with Gasteiger partial charge in [0.15, 0.2) is 11.5 Å². The second kappa shape index (κ2) is 45.7. The molecular weight excluding hydrogens is 2020 g/mol. The third kappa shape index (κ3) is 35.4. The zero-order valence-corrected chi connectivity index (χ0v) is 76.1. The van der Waals surface area contributed by atoms with E-state index in [1.165, 1.54) is 74.5 Å². The maximum atomic E-state index is 12.0. The molecule has 0 aromatic heterocycles. The Kier molecular flexibility index (Phi) is 38.7. The van der Waals surface area contributed by atoms with Crippen LogP contribution in [0.15, 0.2) is 139 Å². The average molecular weight is 2090 g/mol. The van der Waals surface area contributed by atoms with E-state index in [-0.39, 0.29) is 91.8 Å². The highest BCUT2D eigenvalue weighted by atomic mass is 79.9. The predicted octanol–water partition coefficient (Wildman–Crippen LogP) is 14.2. The van der Waals surface area contributed by atoms with Crippen molar-refractivity contribution in [2.45, 2.75) is 54.1 Å². The van der Waals surface area contributed by atoms with Crippen LogP contribution in [-0.2, 0) is 85.7 Å². The fourth-order valence-corrected chi connectivity index (χ4v) is 16.4. The minimum absolute atomic E-state index is 0.0458. The number of anilines is 4. The van der Waals surface area contributed by atoms with Crippen LogP contribution in [-0.4, -0.2) is 152 Å². The number of hydrogen-bond donors (Lipinski definition) is 12. The van der Waals surface area contributed by atoms with Gasteiger partial charge in [-0.05, 0) is 234 Å². The number of nitrogens with one attached hydrogen (secondary N) is 8. The Morgan fingerprint density at radius 2 is 0.559 bits per heavy atom. The number of aliphatic carboxylic acids is 4. The summed E-state index contributed by atoms with van der Waals surface area (Å²) < 4.78 is 127. The summed E-state index contributed by atoms with van der Waals surface area (Å²) in [4.78, 5) is 90.2. The lowest BCUT2D eigenvalue weighted by molar-refractivity contribution is -0.136. The zero-order valence-electron chi connectivity index (χ0n) is 62.0. The molecule has 4 amide bonds. The summed E-state index contributed by atoms with van der Waals surface area (Å²) in [6.07, 6.45) is 2.09. The van der Waals surface area contributed by atoms with Gasteiger partial charge in [0, 0.05) is 43.7 Å². The predicted molar refractivity (Wildman–Crippen MR) is 462 cm³/mol. The molecule has 0 unspecified atom stereocenters. The van der Waals surface area contributed by atoms with Crippen molar-refractivity contribution in [1.82, 2.24) is 21.3 Å². The lowest BCUT2D eigenvalue weighted by atomic mass is 10.1. The molecule has 8 aromatic carbocycles. The molecule has 0 radical (unpaired) electrons. The topological polar surface area (TPSA) is 487 Å². The summed E-state index contributed by atoms with van der Waals surface area (Å²) in [7, 11) is -13.7. The van der Waals surface area contributed by atoms with Crippen LogP contribution in [0.5, 0.6) is 23.0 Å². The van der Waals surface area contributed by atoms with E-state index in [1.807, 2.05) is 19.1 Å². The molecule has 636 valence electrons. The van der Waals surface area contributed by atoms with Crippen LogP contribution in [0.1, 0.15) is 88.7 Å². The van der Waals surface area contributed by atoms with Gasteiger partial charge in [0.25, 0.3) is 23.6 Å². The molecule has 0 aliphatic heterocycles. The van der Waals surface area contributed by atoms with Crippen LogP contribution in [0.2, 0.25) is 30.1 Å². The number of sulfonamides is 4. The van der Waals surface area contributed by atoms with E-state index in [9.17, 15) is 72.0 Å². The van der Waals surface area contributed by atoms with E-state index in [2.05, 4.69) is 104 Å². The monoisotopic (exact) mass is 2080 g/mol. The number of benzene rings is 8. The zero-order chi connectivity index (χ0) is 88.5. The van der Waals surface area contributed by atoms with Crippen LogP contribution < -0.4 is 59.1 Å². The molecule has 46 heteroatoms. The van der Waals surface area contributed by atoms with Gasteiger partial charge in [-0.15, -0.1) is 0 Å². The molecule has 8 rings (SSSR count). The standard InChI is InChI=1S/C19H20Cl2N2O6S.C18H17Br2ClN2O6S.C18H18Cl2N2O6S.C17H15Br2ClN2O6S/c1-3-30(27,28)23-14-5-11(2)4-12(6-14)10-29-18-15(20)7-13(8-16(18)21)19(26)22-9-17(24)25;1-2-30(27,28)23-13-4-10(3-12(21)7-13)9-29-17-14(19)5-11(6-15(17)20)18(26)22-8-16(24)25;1-10-3-11(5-13(4-10)22-29(2,26)27)9-28-17-14(19)6-12(7-15(17)20)18(25)21-8-16(23)24;1-29(26,27)22-12-3-9(2-11(20)6-12)8-28-16-13(18)4-10(5-14(16)19)17(25)21-7-15(23)24/h4-8,23H,3,9-10H2,1-2H3,(H,22,26)(H,24,25);3-7,23H,2,8-9H2,1H3,(H,22,26)(H,24,25);3-7,22H,8-9H2,1-2H3,(H,21,25)(H,23,24);2-6,22H,7-8H2,1H3,(H,21,25)(H,23,24). The second-order valence-electron chi connectivity index (χ2n) is 24.4. The first kappa shape index (κ1) is 99.9. The number of rotatable bonds is 34. The molecule has 0 saturated heterocycles. The molecule has 0 aliphatic carbocycles. The van der Waals surface area contributed by atoms with Crippen molar-refractivity contribution >= 4 is 244 Å². The van der Waals surface area contributed by atoms with Crippen LogP contribution in [0.25, 0.3) is 0 Å². The van der Waals surface area contributed by atoms with E-state index < -0.39 is 114 Å². The van der Waals surface area contributed by atoms with Crippen molar-refractivity contribution in [2.75, 3.05) is 69.1 Å². The number of amides is 4. The van der Waals surface area contributed by atoms with Crippen molar-refractivity contribution < 1.29 is 111 Å². The number of carboxylic acid groups (broad SMARTS) is 4. The van der Waals surface area contributed by atoms with Crippen molar-refractivity contribution in [2.24, 2.45) is 0 Å². The Morgan fingerprint density at radius 1 is 0.331 bits per heavy atom. The Balaban J connectivity index is 0.000000280. The van der Waals surface area contributed by atoms with E-state index in [0.29, 0.717) is 84.4 Å². The largest absolute Gasteiger partial charge is 0.487 e. The lowest BCUT2D eigenvalue weighted by Crippen LogP contribution is -2.29. The summed E-state index contributed by atoms with van der Waals surface area (Å²) in [5, 5.41) is 44.5. The van der Waals surface area contributed by atoms with Crippen molar-refractivity contribution in [3.05, 3.63) is 225 Å². The lowest BCUT2D eigenvalue weighted by Gasteiger charge is -2.14. The smallest absolute Gasteiger partial charge is 0.322 e. The summed E-state index contributed by atoms with van der Waals surface area (Å²) in [5.74, 6) is -6.08. The molecule has 32 nitrogen and oxygen atoms in total. The number of aryl methyl sites for hydroxylation is 2. The molecule has 118 heavy (non-hydrogen) atoms. The number of hydrogen-bond acceptors (Lipinski definition) is 20.